The summed E-state index contributed by atoms with van der Waals surface area (Å²) in [5, 5.41) is 11.1. The maximum atomic E-state index is 11.1. The average Bonchev–Trinajstić information content (AvgIpc) is 2.34. The molecule has 20 heavy (non-hydrogen) atoms. The van der Waals surface area contributed by atoms with Gasteiger partial charge >= 0.3 is 5.69 Å². The van der Waals surface area contributed by atoms with E-state index < -0.39 is 4.92 Å². The van der Waals surface area contributed by atoms with Crippen LogP contribution in [0.2, 0.25) is 0 Å². The normalized spacial score (nSPS) is 10.4. The monoisotopic (exact) mass is 400 g/mol. The molecular formula is C13H10Br2N2O3. The number of aryl methyl sites for hydroxylation is 2. The zero-order chi connectivity index (χ0) is 14.9. The minimum Gasteiger partial charge on any atom is -0.430 e. The van der Waals surface area contributed by atoms with E-state index in [1.165, 1.54) is 6.07 Å². The van der Waals surface area contributed by atoms with Crippen molar-refractivity contribution in [1.82, 2.24) is 4.98 Å². The molecule has 0 saturated carbocycles. The molecule has 7 heteroatoms. The molecule has 0 radical (unpaired) electrons. The second-order valence-electron chi connectivity index (χ2n) is 4.23. The van der Waals surface area contributed by atoms with Crippen LogP contribution in [0, 0.1) is 24.0 Å². The first-order chi connectivity index (χ1) is 9.38. The summed E-state index contributed by atoms with van der Waals surface area (Å²) in [7, 11) is 0. The van der Waals surface area contributed by atoms with Gasteiger partial charge in [-0.05, 0) is 62.9 Å². The van der Waals surface area contributed by atoms with Crippen LogP contribution in [0.3, 0.4) is 0 Å². The SMILES string of the molecule is Cc1cc(C)c(Oc2ncc(Br)cc2Br)c([N+](=O)[O-])c1. The highest BCUT2D eigenvalue weighted by Crippen LogP contribution is 2.37. The highest BCUT2D eigenvalue weighted by atomic mass is 79.9. The van der Waals surface area contributed by atoms with E-state index in [0.717, 1.165) is 10.0 Å². The van der Waals surface area contributed by atoms with Gasteiger partial charge in [0.15, 0.2) is 0 Å². The molecule has 0 atom stereocenters. The largest absolute Gasteiger partial charge is 0.430 e. The Morgan fingerprint density at radius 3 is 2.55 bits per heavy atom. The Labute approximate surface area is 132 Å². The van der Waals surface area contributed by atoms with Gasteiger partial charge in [-0.15, -0.1) is 0 Å². The predicted octanol–water partition coefficient (Wildman–Crippen LogP) is 4.92. The van der Waals surface area contributed by atoms with Crippen LogP contribution in [0.25, 0.3) is 0 Å². The molecule has 0 aliphatic heterocycles. The molecule has 1 aromatic heterocycles. The van der Waals surface area contributed by atoms with Crippen molar-refractivity contribution in [1.29, 1.82) is 0 Å². The zero-order valence-corrected chi connectivity index (χ0v) is 13.9. The van der Waals surface area contributed by atoms with E-state index in [4.69, 9.17) is 4.74 Å². The Morgan fingerprint density at radius 1 is 1.25 bits per heavy atom. The lowest BCUT2D eigenvalue weighted by Crippen LogP contribution is -1.98. The number of hydrogen-bond donors (Lipinski definition) is 0. The molecule has 2 rings (SSSR count). The summed E-state index contributed by atoms with van der Waals surface area (Å²) in [5.74, 6) is 0.486. The maximum absolute atomic E-state index is 11.1. The Bertz CT molecular complexity index is 690. The predicted molar refractivity (Wildman–Crippen MR) is 82.3 cm³/mol. The number of benzene rings is 1. The van der Waals surface area contributed by atoms with E-state index >= 15 is 0 Å². The van der Waals surface area contributed by atoms with Gasteiger partial charge in [0.2, 0.25) is 11.6 Å². The topological polar surface area (TPSA) is 65.3 Å². The maximum Gasteiger partial charge on any atom is 0.312 e. The van der Waals surface area contributed by atoms with Gasteiger partial charge in [0, 0.05) is 16.7 Å². The van der Waals surface area contributed by atoms with Crippen LogP contribution < -0.4 is 4.74 Å². The first kappa shape index (κ1) is 14.9. The lowest BCUT2D eigenvalue weighted by Gasteiger charge is -2.10. The van der Waals surface area contributed by atoms with Crippen LogP contribution in [-0.4, -0.2) is 9.91 Å². The molecule has 0 spiro atoms. The quantitative estimate of drug-likeness (QED) is 0.540. The van der Waals surface area contributed by atoms with Crippen molar-refractivity contribution in [2.75, 3.05) is 0 Å². The van der Waals surface area contributed by atoms with Crippen LogP contribution >= 0.6 is 31.9 Å². The summed E-state index contributed by atoms with van der Waals surface area (Å²) < 4.78 is 7.02. The highest BCUT2D eigenvalue weighted by Gasteiger charge is 2.20. The van der Waals surface area contributed by atoms with Gasteiger partial charge < -0.3 is 4.74 Å². The molecule has 1 heterocycles. The standard InChI is InChI=1S/C13H10Br2N2O3/c1-7-3-8(2)12(11(4-7)17(18)19)20-13-10(15)5-9(14)6-16-13/h3-6H,1-2H3. The third kappa shape index (κ3) is 3.16. The Hall–Kier alpha value is -1.47. The van der Waals surface area contributed by atoms with Gasteiger partial charge in [-0.1, -0.05) is 6.07 Å². The number of ether oxygens (including phenoxy) is 1. The second-order valence-corrected chi connectivity index (χ2v) is 6.00. The minimum absolute atomic E-state index is 0.0703. The molecule has 2 aromatic rings. The van der Waals surface area contributed by atoms with Crippen LogP contribution in [0.4, 0.5) is 5.69 Å². The number of nitrogens with zero attached hydrogens (tertiary/aromatic N) is 2. The fourth-order valence-electron chi connectivity index (χ4n) is 1.77. The van der Waals surface area contributed by atoms with Crippen molar-refractivity contribution >= 4 is 37.5 Å². The number of rotatable bonds is 3. The molecule has 5 nitrogen and oxygen atoms in total. The molecular weight excluding hydrogens is 392 g/mol. The lowest BCUT2D eigenvalue weighted by atomic mass is 10.1. The summed E-state index contributed by atoms with van der Waals surface area (Å²) in [5.41, 5.74) is 1.43. The summed E-state index contributed by atoms with van der Waals surface area (Å²) >= 11 is 6.60. The van der Waals surface area contributed by atoms with Crippen molar-refractivity contribution in [2.24, 2.45) is 0 Å². The fourth-order valence-corrected chi connectivity index (χ4v) is 2.84. The molecule has 0 aliphatic rings. The third-order valence-corrected chi connectivity index (χ3v) is 3.57. The molecule has 0 fully saturated rings. The molecule has 0 N–H and O–H groups in total. The summed E-state index contributed by atoms with van der Waals surface area (Å²) in [6, 6.07) is 5.07. The van der Waals surface area contributed by atoms with Crippen LogP contribution in [0.5, 0.6) is 11.6 Å². The zero-order valence-electron chi connectivity index (χ0n) is 10.7. The van der Waals surface area contributed by atoms with Gasteiger partial charge in [0.25, 0.3) is 0 Å². The molecule has 1 aromatic carbocycles. The van der Waals surface area contributed by atoms with E-state index in [1.807, 2.05) is 6.07 Å². The van der Waals surface area contributed by atoms with Crippen molar-refractivity contribution in [3.05, 3.63) is 54.6 Å². The summed E-state index contributed by atoms with van der Waals surface area (Å²) in [4.78, 5) is 14.8. The van der Waals surface area contributed by atoms with Gasteiger partial charge in [-0.25, -0.2) is 4.98 Å². The molecule has 104 valence electrons. The minimum atomic E-state index is -0.456. The van der Waals surface area contributed by atoms with Gasteiger partial charge in [0.05, 0.1) is 9.40 Å². The molecule has 0 aliphatic carbocycles. The highest BCUT2D eigenvalue weighted by molar-refractivity contribution is 9.11. The van der Waals surface area contributed by atoms with Crippen molar-refractivity contribution in [3.63, 3.8) is 0 Å². The van der Waals surface area contributed by atoms with E-state index in [0.29, 0.717) is 10.0 Å². The van der Waals surface area contributed by atoms with Crippen LogP contribution in [0.1, 0.15) is 11.1 Å². The molecule has 0 bridgehead atoms. The van der Waals surface area contributed by atoms with Gasteiger partial charge in [-0.3, -0.25) is 10.1 Å². The molecule has 0 saturated heterocycles. The Balaban J connectivity index is 2.50. The van der Waals surface area contributed by atoms with Gasteiger partial charge in [-0.2, -0.15) is 0 Å². The number of hydrogen-bond acceptors (Lipinski definition) is 4. The number of aromatic nitrogens is 1. The Kier molecular flexibility index (Phi) is 4.39. The average molecular weight is 402 g/mol. The van der Waals surface area contributed by atoms with E-state index in [1.54, 1.807) is 26.1 Å². The number of nitro groups is 1. The van der Waals surface area contributed by atoms with Gasteiger partial charge in [0.1, 0.15) is 0 Å². The van der Waals surface area contributed by atoms with Crippen LogP contribution in [0.15, 0.2) is 33.3 Å². The first-order valence-electron chi connectivity index (χ1n) is 5.63. The van der Waals surface area contributed by atoms with Crippen molar-refractivity contribution < 1.29 is 9.66 Å². The summed E-state index contributed by atoms with van der Waals surface area (Å²) in [6.45, 7) is 3.57. The fraction of sp³-hybridized carbons (Fsp3) is 0.154. The van der Waals surface area contributed by atoms with Crippen LogP contribution in [-0.2, 0) is 0 Å². The lowest BCUT2D eigenvalue weighted by molar-refractivity contribution is -0.385. The summed E-state index contributed by atoms with van der Waals surface area (Å²) in [6.07, 6.45) is 1.56. The van der Waals surface area contributed by atoms with E-state index in [9.17, 15) is 10.1 Å². The molecule has 0 amide bonds. The second kappa shape index (κ2) is 5.88. The first-order valence-corrected chi connectivity index (χ1v) is 7.21. The van der Waals surface area contributed by atoms with Crippen molar-refractivity contribution in [2.45, 2.75) is 13.8 Å². The van der Waals surface area contributed by atoms with E-state index in [-0.39, 0.29) is 17.3 Å². The third-order valence-electron chi connectivity index (χ3n) is 2.57. The Morgan fingerprint density at radius 2 is 1.95 bits per heavy atom. The number of pyridine rings is 1. The number of nitro benzene ring substituents is 1. The smallest absolute Gasteiger partial charge is 0.312 e. The number of halogens is 2. The van der Waals surface area contributed by atoms with E-state index in [2.05, 4.69) is 36.8 Å². The molecule has 0 unspecified atom stereocenters. The van der Waals surface area contributed by atoms with Crippen molar-refractivity contribution in [3.8, 4) is 11.6 Å².